The maximum Gasteiger partial charge on any atom is 0.159 e. The lowest BCUT2D eigenvalue weighted by molar-refractivity contribution is 0.315. The molecule has 4 rings (SSSR count). The smallest absolute Gasteiger partial charge is 0.159 e. The van der Waals surface area contributed by atoms with E-state index in [-0.39, 0.29) is 0 Å². The fraction of sp³-hybridized carbons (Fsp3) is 0.292. The molecule has 5 nitrogen and oxygen atoms in total. The Morgan fingerprint density at radius 1 is 0.935 bits per heavy atom. The first-order valence-corrected chi connectivity index (χ1v) is 11.6. The number of halogens is 1. The van der Waals surface area contributed by atoms with E-state index in [1.165, 1.54) is 42.2 Å². The molecule has 0 saturated heterocycles. The molecule has 0 fully saturated rings. The Hall–Kier alpha value is -2.57. The number of fused-ring (bicyclic) bond motifs is 1. The lowest BCUT2D eigenvalue weighted by atomic mass is 10.00. The molecule has 0 amide bonds. The number of rotatable bonds is 7. The van der Waals surface area contributed by atoms with Crippen molar-refractivity contribution in [1.29, 1.82) is 0 Å². The summed E-state index contributed by atoms with van der Waals surface area (Å²) >= 11 is 7.49. The predicted octanol–water partition coefficient (Wildman–Crippen LogP) is 7.06. The molecule has 0 atom stereocenters. The summed E-state index contributed by atoms with van der Waals surface area (Å²) < 4.78 is 4.81. The van der Waals surface area contributed by atoms with E-state index >= 15 is 0 Å². The van der Waals surface area contributed by atoms with Crippen molar-refractivity contribution >= 4 is 40.1 Å². The fourth-order valence-electron chi connectivity index (χ4n) is 3.26. The zero-order valence-electron chi connectivity index (χ0n) is 18.1. The van der Waals surface area contributed by atoms with Crippen molar-refractivity contribution < 1.29 is 4.63 Å². The molecule has 2 heterocycles. The van der Waals surface area contributed by atoms with Gasteiger partial charge in [-0.1, -0.05) is 62.2 Å². The van der Waals surface area contributed by atoms with E-state index in [0.717, 1.165) is 38.1 Å². The van der Waals surface area contributed by atoms with Crippen LogP contribution in [0.15, 0.2) is 69.3 Å². The molecule has 0 aliphatic heterocycles. The zero-order chi connectivity index (χ0) is 22.1. The number of nitrogens with zero attached hydrogens (tertiary/aromatic N) is 3. The molecule has 0 spiro atoms. The Morgan fingerprint density at radius 3 is 2.42 bits per heavy atom. The maximum atomic E-state index is 5.95. The van der Waals surface area contributed by atoms with Crippen LogP contribution in [-0.2, 0) is 12.8 Å². The molecular formula is C24H27ClN4OS. The van der Waals surface area contributed by atoms with Crippen molar-refractivity contribution in [2.24, 2.45) is 0 Å². The summed E-state index contributed by atoms with van der Waals surface area (Å²) in [7, 11) is 1.84. The van der Waals surface area contributed by atoms with Crippen LogP contribution in [-0.4, -0.2) is 22.3 Å². The van der Waals surface area contributed by atoms with Gasteiger partial charge in [0.25, 0.3) is 0 Å². The van der Waals surface area contributed by atoms with Crippen molar-refractivity contribution in [3.05, 3.63) is 70.9 Å². The summed E-state index contributed by atoms with van der Waals surface area (Å²) in [5.74, 6) is 0. The number of benzene rings is 2. The van der Waals surface area contributed by atoms with Crippen LogP contribution in [0.25, 0.3) is 11.0 Å². The molecule has 0 saturated carbocycles. The number of nitrogens with one attached hydrogen (secondary N) is 1. The number of aryl methyl sites for hydroxylation is 2. The Morgan fingerprint density at radius 2 is 1.71 bits per heavy atom. The lowest BCUT2D eigenvalue weighted by Gasteiger charge is -2.07. The van der Waals surface area contributed by atoms with Crippen LogP contribution in [0, 0.1) is 0 Å². The molecule has 162 valence electrons. The average Bonchev–Trinajstić information content (AvgIpc) is 3.28. The molecule has 31 heavy (non-hydrogen) atoms. The fourth-order valence-corrected chi connectivity index (χ4v) is 4.30. The van der Waals surface area contributed by atoms with E-state index in [2.05, 4.69) is 46.6 Å². The van der Waals surface area contributed by atoms with Crippen molar-refractivity contribution in [3.8, 4) is 0 Å². The van der Waals surface area contributed by atoms with Gasteiger partial charge in [-0.2, -0.15) is 0 Å². The van der Waals surface area contributed by atoms with E-state index in [4.69, 9.17) is 16.2 Å². The molecule has 2 aromatic heterocycles. The second-order valence-electron chi connectivity index (χ2n) is 7.01. The van der Waals surface area contributed by atoms with Gasteiger partial charge in [-0.3, -0.25) is 0 Å². The Balaban J connectivity index is 0.000000187. The minimum atomic E-state index is 0.735. The second kappa shape index (κ2) is 11.7. The summed E-state index contributed by atoms with van der Waals surface area (Å²) in [6, 6.07) is 16.0. The van der Waals surface area contributed by atoms with Gasteiger partial charge < -0.3 is 5.32 Å². The normalized spacial score (nSPS) is 10.6. The molecule has 0 aliphatic carbocycles. The molecule has 2 aromatic carbocycles. The Labute approximate surface area is 192 Å². The van der Waals surface area contributed by atoms with Crippen LogP contribution < -0.4 is 5.32 Å². The zero-order valence-corrected chi connectivity index (χ0v) is 19.6. The minimum Gasteiger partial charge on any atom is -0.386 e. The van der Waals surface area contributed by atoms with Crippen LogP contribution in [0.5, 0.6) is 0 Å². The first-order valence-electron chi connectivity index (χ1n) is 10.5. The van der Waals surface area contributed by atoms with E-state index in [1.54, 1.807) is 6.20 Å². The second-order valence-corrected chi connectivity index (χ2v) is 8.50. The highest BCUT2D eigenvalue weighted by atomic mass is 35.5. The molecule has 0 unspecified atom stereocenters. The van der Waals surface area contributed by atoms with Gasteiger partial charge in [0.15, 0.2) is 11.0 Å². The SMILES string of the molecule is CCCc1ccc(Cl)cc1CCC.CNc1ccc(Sc2ccccn2)c2nonc12. The molecule has 4 aromatic rings. The summed E-state index contributed by atoms with van der Waals surface area (Å²) in [4.78, 5) is 5.25. The quantitative estimate of drug-likeness (QED) is 0.322. The van der Waals surface area contributed by atoms with Crippen LogP contribution in [0.1, 0.15) is 37.8 Å². The molecule has 1 N–H and O–H groups in total. The van der Waals surface area contributed by atoms with Crippen LogP contribution >= 0.6 is 23.4 Å². The Kier molecular flexibility index (Phi) is 8.74. The van der Waals surface area contributed by atoms with Crippen molar-refractivity contribution in [2.75, 3.05) is 12.4 Å². The van der Waals surface area contributed by atoms with Gasteiger partial charge in [-0.25, -0.2) is 9.61 Å². The molecule has 0 radical (unpaired) electrons. The van der Waals surface area contributed by atoms with E-state index in [1.807, 2.05) is 43.4 Å². The topological polar surface area (TPSA) is 63.8 Å². The van der Waals surface area contributed by atoms with E-state index in [0.29, 0.717) is 0 Å². The highest BCUT2D eigenvalue weighted by Gasteiger charge is 2.12. The Bertz CT molecular complexity index is 1100. The number of pyridine rings is 1. The van der Waals surface area contributed by atoms with Crippen molar-refractivity contribution in [1.82, 2.24) is 15.3 Å². The van der Waals surface area contributed by atoms with Gasteiger partial charge in [0, 0.05) is 23.2 Å². The van der Waals surface area contributed by atoms with Gasteiger partial charge in [0.05, 0.1) is 5.69 Å². The number of hydrogen-bond acceptors (Lipinski definition) is 6. The molecule has 0 aliphatic rings. The summed E-state index contributed by atoms with van der Waals surface area (Å²) in [6.07, 6.45) is 6.49. The lowest BCUT2D eigenvalue weighted by Crippen LogP contribution is -1.93. The van der Waals surface area contributed by atoms with Crippen LogP contribution in [0.4, 0.5) is 5.69 Å². The van der Waals surface area contributed by atoms with Crippen molar-refractivity contribution in [3.63, 3.8) is 0 Å². The number of hydrogen-bond donors (Lipinski definition) is 1. The van der Waals surface area contributed by atoms with Crippen molar-refractivity contribution in [2.45, 2.75) is 49.5 Å². The predicted molar refractivity (Wildman–Crippen MR) is 129 cm³/mol. The van der Waals surface area contributed by atoms with Gasteiger partial charge in [-0.05, 0) is 70.7 Å². The minimum absolute atomic E-state index is 0.735. The van der Waals surface area contributed by atoms with E-state index in [9.17, 15) is 0 Å². The van der Waals surface area contributed by atoms with Crippen LogP contribution in [0.3, 0.4) is 0 Å². The maximum absolute atomic E-state index is 5.95. The first kappa shape index (κ1) is 23.1. The third-order valence-electron chi connectivity index (χ3n) is 4.71. The average molecular weight is 455 g/mol. The largest absolute Gasteiger partial charge is 0.386 e. The summed E-state index contributed by atoms with van der Waals surface area (Å²) in [5.41, 5.74) is 5.28. The summed E-state index contributed by atoms with van der Waals surface area (Å²) in [6.45, 7) is 4.42. The van der Waals surface area contributed by atoms with Crippen LogP contribution in [0.2, 0.25) is 5.02 Å². The summed E-state index contributed by atoms with van der Waals surface area (Å²) in [5, 5.41) is 12.7. The molecular weight excluding hydrogens is 428 g/mol. The monoisotopic (exact) mass is 454 g/mol. The third kappa shape index (κ3) is 6.21. The van der Waals surface area contributed by atoms with Gasteiger partial charge >= 0.3 is 0 Å². The highest BCUT2D eigenvalue weighted by molar-refractivity contribution is 7.99. The third-order valence-corrected chi connectivity index (χ3v) is 5.94. The van der Waals surface area contributed by atoms with Gasteiger partial charge in [0.1, 0.15) is 5.03 Å². The first-order chi connectivity index (χ1) is 15.2. The highest BCUT2D eigenvalue weighted by Crippen LogP contribution is 2.33. The number of anilines is 1. The molecule has 0 bridgehead atoms. The number of aromatic nitrogens is 3. The van der Waals surface area contributed by atoms with Gasteiger partial charge in [0.2, 0.25) is 0 Å². The van der Waals surface area contributed by atoms with Gasteiger partial charge in [-0.15, -0.1) is 0 Å². The standard InChI is InChI=1S/C12H17Cl.C12H10N4OS/c1-3-5-10-7-8-12(13)9-11(10)6-4-2;1-13-8-5-6-9(12-11(8)15-17-16-12)18-10-4-2-3-7-14-10/h7-9H,3-6H2,1-2H3;2-7,13H,1H3. The van der Waals surface area contributed by atoms with E-state index < -0.39 is 0 Å². The molecule has 7 heteroatoms.